The second-order valence-electron chi connectivity index (χ2n) is 4.56. The van der Waals surface area contributed by atoms with Crippen molar-refractivity contribution in [1.82, 2.24) is 5.32 Å². The highest BCUT2D eigenvalue weighted by molar-refractivity contribution is 5.99. The maximum Gasteiger partial charge on any atom is 0.179 e. The Morgan fingerprint density at radius 3 is 2.35 bits per heavy atom. The first-order valence-electron chi connectivity index (χ1n) is 6.04. The zero-order valence-electron chi connectivity index (χ0n) is 10.9. The van der Waals surface area contributed by atoms with Crippen molar-refractivity contribution in [2.75, 3.05) is 6.54 Å². The molecule has 92 valence electrons. The zero-order chi connectivity index (χ0) is 12.8. The largest absolute Gasteiger partial charge is 0.304 e. The summed E-state index contributed by atoms with van der Waals surface area (Å²) in [6, 6.07) is 7.70. The van der Waals surface area contributed by atoms with Crippen molar-refractivity contribution in [3.05, 3.63) is 48.0 Å². The van der Waals surface area contributed by atoms with Crippen molar-refractivity contribution in [3.8, 4) is 0 Å². The molecular formula is C15H21NO. The number of Topliss-reactive ketones (excluding diaryl/α,β-unsaturated/α-hetero) is 1. The number of rotatable bonds is 6. The van der Waals surface area contributed by atoms with Crippen molar-refractivity contribution < 1.29 is 4.79 Å². The molecular weight excluding hydrogens is 210 g/mol. The Bertz CT molecular complexity index is 378. The van der Waals surface area contributed by atoms with Gasteiger partial charge in [0.15, 0.2) is 5.78 Å². The van der Waals surface area contributed by atoms with Crippen LogP contribution in [0.1, 0.15) is 42.6 Å². The molecule has 1 aromatic rings. The predicted molar refractivity (Wildman–Crippen MR) is 72.5 cm³/mol. The van der Waals surface area contributed by atoms with Gasteiger partial charge in [0.05, 0.1) is 6.04 Å². The average molecular weight is 231 g/mol. The van der Waals surface area contributed by atoms with Crippen molar-refractivity contribution in [2.24, 2.45) is 0 Å². The Morgan fingerprint density at radius 1 is 1.29 bits per heavy atom. The molecule has 1 unspecified atom stereocenters. The van der Waals surface area contributed by atoms with E-state index >= 15 is 0 Å². The van der Waals surface area contributed by atoms with Crippen molar-refractivity contribution in [3.63, 3.8) is 0 Å². The van der Waals surface area contributed by atoms with E-state index in [1.165, 1.54) is 5.56 Å². The third-order valence-corrected chi connectivity index (χ3v) is 2.82. The minimum Gasteiger partial charge on any atom is -0.304 e. The lowest BCUT2D eigenvalue weighted by Crippen LogP contribution is -2.33. The van der Waals surface area contributed by atoms with Gasteiger partial charge in [0.2, 0.25) is 0 Å². The summed E-state index contributed by atoms with van der Waals surface area (Å²) in [5.74, 6) is 0.623. The Labute approximate surface area is 104 Å². The van der Waals surface area contributed by atoms with Crippen LogP contribution in [-0.4, -0.2) is 18.4 Å². The fourth-order valence-corrected chi connectivity index (χ4v) is 1.64. The van der Waals surface area contributed by atoms with Crippen LogP contribution < -0.4 is 5.32 Å². The second-order valence-corrected chi connectivity index (χ2v) is 4.56. The van der Waals surface area contributed by atoms with E-state index in [4.69, 9.17) is 0 Å². The Balaban J connectivity index is 2.72. The lowest BCUT2D eigenvalue weighted by Gasteiger charge is -2.12. The van der Waals surface area contributed by atoms with Crippen LogP contribution in [-0.2, 0) is 0 Å². The van der Waals surface area contributed by atoms with Crippen molar-refractivity contribution >= 4 is 5.78 Å². The number of carbonyl (C=O) groups excluding carboxylic acids is 1. The maximum atomic E-state index is 12.0. The predicted octanol–water partition coefficient (Wildman–Crippen LogP) is 3.16. The third-order valence-electron chi connectivity index (χ3n) is 2.82. The van der Waals surface area contributed by atoms with Crippen LogP contribution in [0, 0.1) is 0 Å². The van der Waals surface area contributed by atoms with Gasteiger partial charge in [-0.05, 0) is 18.4 Å². The van der Waals surface area contributed by atoms with E-state index in [1.54, 1.807) is 6.08 Å². The van der Waals surface area contributed by atoms with Crippen molar-refractivity contribution in [2.45, 2.75) is 32.7 Å². The first kappa shape index (κ1) is 13.7. The highest BCUT2D eigenvalue weighted by atomic mass is 16.1. The minimum atomic E-state index is -0.169. The molecule has 0 fully saturated rings. The average Bonchev–Trinajstić information content (AvgIpc) is 2.35. The molecule has 1 N–H and O–H groups in total. The van der Waals surface area contributed by atoms with E-state index in [2.05, 4.69) is 25.7 Å². The molecule has 1 aromatic carbocycles. The van der Waals surface area contributed by atoms with E-state index < -0.39 is 0 Å². The normalized spacial score (nSPS) is 12.5. The number of ketones is 1. The number of hydrogen-bond donors (Lipinski definition) is 1. The monoisotopic (exact) mass is 231 g/mol. The minimum absolute atomic E-state index is 0.127. The quantitative estimate of drug-likeness (QED) is 0.602. The fourth-order valence-electron chi connectivity index (χ4n) is 1.64. The molecule has 17 heavy (non-hydrogen) atoms. The summed E-state index contributed by atoms with van der Waals surface area (Å²) in [6.45, 7) is 10.4. The summed E-state index contributed by atoms with van der Waals surface area (Å²) in [6.07, 6.45) is 1.76. The lowest BCUT2D eigenvalue weighted by atomic mass is 9.99. The van der Waals surface area contributed by atoms with Crippen LogP contribution in [0.25, 0.3) is 0 Å². The van der Waals surface area contributed by atoms with E-state index in [9.17, 15) is 4.79 Å². The summed E-state index contributed by atoms with van der Waals surface area (Å²) in [4.78, 5) is 12.0. The molecule has 2 nitrogen and oxygen atoms in total. The van der Waals surface area contributed by atoms with Crippen LogP contribution in [0.2, 0.25) is 0 Å². The van der Waals surface area contributed by atoms with Crippen molar-refractivity contribution in [1.29, 1.82) is 0 Å². The summed E-state index contributed by atoms with van der Waals surface area (Å²) in [7, 11) is 0. The van der Waals surface area contributed by atoms with Gasteiger partial charge in [-0.3, -0.25) is 4.79 Å². The first-order chi connectivity index (χ1) is 8.06. The van der Waals surface area contributed by atoms with Crippen LogP contribution in [0.15, 0.2) is 36.9 Å². The molecule has 0 aromatic heterocycles. The standard InChI is InChI=1S/C15H21NO/c1-5-10-16-12(4)15(17)14-8-6-13(7-9-14)11(2)3/h5-9,11-12,16H,1,10H2,2-4H3. The Kier molecular flexibility index (Phi) is 5.11. The molecule has 0 spiro atoms. The number of carbonyl (C=O) groups is 1. The van der Waals surface area contributed by atoms with Crippen LogP contribution in [0.4, 0.5) is 0 Å². The number of benzene rings is 1. The topological polar surface area (TPSA) is 29.1 Å². The van der Waals surface area contributed by atoms with Crippen LogP contribution in [0.3, 0.4) is 0 Å². The molecule has 0 saturated carbocycles. The highest BCUT2D eigenvalue weighted by Crippen LogP contribution is 2.15. The molecule has 0 aliphatic carbocycles. The Morgan fingerprint density at radius 2 is 1.88 bits per heavy atom. The van der Waals surface area contributed by atoms with Gasteiger partial charge in [-0.15, -0.1) is 6.58 Å². The van der Waals surface area contributed by atoms with E-state index in [1.807, 2.05) is 31.2 Å². The summed E-state index contributed by atoms with van der Waals surface area (Å²) in [5.41, 5.74) is 2.02. The molecule has 0 aliphatic heterocycles. The van der Waals surface area contributed by atoms with E-state index in [0.717, 1.165) is 5.56 Å². The zero-order valence-corrected chi connectivity index (χ0v) is 10.9. The van der Waals surface area contributed by atoms with Crippen LogP contribution in [0.5, 0.6) is 0 Å². The van der Waals surface area contributed by atoms with E-state index in [0.29, 0.717) is 12.5 Å². The SMILES string of the molecule is C=CCNC(C)C(=O)c1ccc(C(C)C)cc1. The summed E-state index contributed by atoms with van der Waals surface area (Å²) in [5, 5.41) is 3.10. The third kappa shape index (κ3) is 3.82. The molecule has 0 radical (unpaired) electrons. The van der Waals surface area contributed by atoms with Gasteiger partial charge >= 0.3 is 0 Å². The summed E-state index contributed by atoms with van der Waals surface area (Å²) >= 11 is 0. The molecule has 0 bridgehead atoms. The lowest BCUT2D eigenvalue weighted by molar-refractivity contribution is 0.0953. The Hall–Kier alpha value is -1.41. The van der Waals surface area contributed by atoms with Gasteiger partial charge in [-0.25, -0.2) is 0 Å². The van der Waals surface area contributed by atoms with Gasteiger partial charge in [-0.1, -0.05) is 44.2 Å². The maximum absolute atomic E-state index is 12.0. The number of nitrogens with one attached hydrogen (secondary N) is 1. The molecule has 0 heterocycles. The van der Waals surface area contributed by atoms with Gasteiger partial charge in [0.1, 0.15) is 0 Å². The highest BCUT2D eigenvalue weighted by Gasteiger charge is 2.13. The first-order valence-corrected chi connectivity index (χ1v) is 6.04. The fraction of sp³-hybridized carbons (Fsp3) is 0.400. The molecule has 1 atom stereocenters. The van der Waals surface area contributed by atoms with Crippen LogP contribution >= 0.6 is 0 Å². The molecule has 0 amide bonds. The van der Waals surface area contributed by atoms with Gasteiger partial charge < -0.3 is 5.32 Å². The molecule has 0 saturated heterocycles. The molecule has 0 aliphatic rings. The van der Waals surface area contributed by atoms with Gasteiger partial charge in [0, 0.05) is 12.1 Å². The van der Waals surface area contributed by atoms with Gasteiger partial charge in [-0.2, -0.15) is 0 Å². The van der Waals surface area contributed by atoms with E-state index in [-0.39, 0.29) is 11.8 Å². The van der Waals surface area contributed by atoms with Gasteiger partial charge in [0.25, 0.3) is 0 Å². The number of hydrogen-bond acceptors (Lipinski definition) is 2. The molecule has 1 rings (SSSR count). The second kappa shape index (κ2) is 6.36. The summed E-state index contributed by atoms with van der Waals surface area (Å²) < 4.78 is 0. The molecule has 2 heteroatoms. The smallest absolute Gasteiger partial charge is 0.179 e.